The molecule has 0 radical (unpaired) electrons. The van der Waals surface area contributed by atoms with Gasteiger partial charge in [-0.1, -0.05) is 0 Å². The smallest absolute Gasteiger partial charge is 0.0619 e. The van der Waals surface area contributed by atoms with Gasteiger partial charge in [0.15, 0.2) is 0 Å². The molecule has 1 atom stereocenters. The van der Waals surface area contributed by atoms with Crippen LogP contribution in [0, 0.1) is 0 Å². The topological polar surface area (TPSA) is 46.2 Å². The van der Waals surface area contributed by atoms with E-state index in [4.69, 9.17) is 10.8 Å². The van der Waals surface area contributed by atoms with E-state index in [-0.39, 0.29) is 12.1 Å². The van der Waals surface area contributed by atoms with Gasteiger partial charge in [0.25, 0.3) is 0 Å². The maximum Gasteiger partial charge on any atom is 0.0619 e. The highest BCUT2D eigenvalue weighted by Gasteiger charge is 2.28. The number of hydrogen-bond donors (Lipinski definition) is 2. The van der Waals surface area contributed by atoms with Crippen LogP contribution in [-0.2, 0) is 0 Å². The third-order valence-corrected chi connectivity index (χ3v) is 2.72. The van der Waals surface area contributed by atoms with Gasteiger partial charge >= 0.3 is 0 Å². The van der Waals surface area contributed by atoms with Gasteiger partial charge in [-0.15, -0.1) is 0 Å². The van der Waals surface area contributed by atoms with Crippen molar-refractivity contribution in [3.05, 3.63) is 0 Å². The minimum atomic E-state index is -0.245. The number of aliphatic hydroxyl groups excluding tert-OH is 1. The van der Waals surface area contributed by atoms with Gasteiger partial charge in [-0.2, -0.15) is 11.8 Å². The highest BCUT2D eigenvalue weighted by molar-refractivity contribution is 7.99. The summed E-state index contributed by atoms with van der Waals surface area (Å²) < 4.78 is 0. The molecular formula is C5H11NOS. The van der Waals surface area contributed by atoms with Crippen LogP contribution >= 0.6 is 11.8 Å². The van der Waals surface area contributed by atoms with Crippen LogP contribution in [-0.4, -0.2) is 28.8 Å². The summed E-state index contributed by atoms with van der Waals surface area (Å²) in [5.74, 6) is 2.03. The minimum Gasteiger partial charge on any atom is -0.394 e. The van der Waals surface area contributed by atoms with Gasteiger partial charge in [-0.25, -0.2) is 0 Å². The van der Waals surface area contributed by atoms with Crippen molar-refractivity contribution < 1.29 is 5.11 Å². The number of thioether (sulfide) groups is 1. The Hall–Kier alpha value is 0.270. The van der Waals surface area contributed by atoms with E-state index in [1.54, 1.807) is 0 Å². The third kappa shape index (κ3) is 1.16. The predicted molar refractivity (Wildman–Crippen MR) is 35.9 cm³/mol. The molecule has 0 aromatic heterocycles. The molecule has 0 spiro atoms. The molecule has 0 aromatic carbocycles. The normalized spacial score (nSPS) is 38.2. The number of rotatable bonds is 1. The molecule has 0 amide bonds. The second kappa shape index (κ2) is 2.25. The van der Waals surface area contributed by atoms with Gasteiger partial charge in [-0.05, 0) is 12.2 Å². The molecule has 2 nitrogen and oxygen atoms in total. The van der Waals surface area contributed by atoms with E-state index in [0.717, 1.165) is 17.9 Å². The third-order valence-electron chi connectivity index (χ3n) is 1.45. The van der Waals surface area contributed by atoms with Crippen molar-refractivity contribution in [1.82, 2.24) is 0 Å². The Morgan fingerprint density at radius 3 is 2.75 bits per heavy atom. The Labute approximate surface area is 53.5 Å². The zero-order valence-electron chi connectivity index (χ0n) is 4.76. The number of nitrogens with two attached hydrogens (primary N) is 1. The number of hydrogen-bond acceptors (Lipinski definition) is 3. The zero-order valence-corrected chi connectivity index (χ0v) is 5.58. The van der Waals surface area contributed by atoms with Gasteiger partial charge < -0.3 is 10.8 Å². The van der Waals surface area contributed by atoms with Crippen LogP contribution in [0.15, 0.2) is 0 Å². The van der Waals surface area contributed by atoms with Crippen LogP contribution in [0.4, 0.5) is 0 Å². The molecule has 0 aliphatic carbocycles. The molecular weight excluding hydrogens is 122 g/mol. The second-order valence-corrected chi connectivity index (χ2v) is 3.43. The Morgan fingerprint density at radius 2 is 2.50 bits per heavy atom. The van der Waals surface area contributed by atoms with Crippen molar-refractivity contribution in [1.29, 1.82) is 0 Å². The first-order valence-electron chi connectivity index (χ1n) is 2.74. The van der Waals surface area contributed by atoms with Crippen LogP contribution in [0.2, 0.25) is 0 Å². The molecule has 1 aliphatic heterocycles. The summed E-state index contributed by atoms with van der Waals surface area (Å²) in [6.45, 7) is 0.139. The Balaban J connectivity index is 2.40. The van der Waals surface area contributed by atoms with E-state index in [1.165, 1.54) is 0 Å². The van der Waals surface area contributed by atoms with Gasteiger partial charge in [0.05, 0.1) is 6.61 Å². The first-order chi connectivity index (χ1) is 3.77. The summed E-state index contributed by atoms with van der Waals surface area (Å²) in [6.07, 6.45) is 0.966. The van der Waals surface area contributed by atoms with Crippen molar-refractivity contribution in [2.75, 3.05) is 18.1 Å². The number of aliphatic hydroxyl groups is 1. The van der Waals surface area contributed by atoms with Gasteiger partial charge in [0.1, 0.15) is 0 Å². The SMILES string of the molecule is N[C@]1(CO)CCSC1. The standard InChI is InChI=1S/C5H11NOS/c6-5(3-7)1-2-8-4-5/h7H,1-4,6H2/t5-/m0/s1. The van der Waals surface area contributed by atoms with Crippen LogP contribution in [0.3, 0.4) is 0 Å². The molecule has 0 saturated carbocycles. The van der Waals surface area contributed by atoms with Crippen LogP contribution in [0.25, 0.3) is 0 Å². The fraction of sp³-hybridized carbons (Fsp3) is 1.00. The molecule has 1 saturated heterocycles. The Kier molecular flexibility index (Phi) is 1.80. The van der Waals surface area contributed by atoms with Gasteiger partial charge in [-0.3, -0.25) is 0 Å². The maximum absolute atomic E-state index is 8.69. The zero-order chi connectivity index (χ0) is 6.04. The van der Waals surface area contributed by atoms with Crippen LogP contribution < -0.4 is 5.73 Å². The van der Waals surface area contributed by atoms with Crippen molar-refractivity contribution >= 4 is 11.8 Å². The maximum atomic E-state index is 8.69. The highest BCUT2D eigenvalue weighted by atomic mass is 32.2. The molecule has 1 aliphatic rings. The molecule has 48 valence electrons. The van der Waals surface area contributed by atoms with E-state index in [1.807, 2.05) is 11.8 Å². The van der Waals surface area contributed by atoms with E-state index in [0.29, 0.717) is 0 Å². The predicted octanol–water partition coefficient (Wildman–Crippen LogP) is -0.187. The summed E-state index contributed by atoms with van der Waals surface area (Å²) in [5, 5.41) is 8.69. The molecule has 3 N–H and O–H groups in total. The molecule has 0 unspecified atom stereocenters. The lowest BCUT2D eigenvalue weighted by atomic mass is 10.0. The summed E-state index contributed by atoms with van der Waals surface area (Å²) in [5.41, 5.74) is 5.44. The quantitative estimate of drug-likeness (QED) is 0.521. The fourth-order valence-corrected chi connectivity index (χ4v) is 2.09. The lowest BCUT2D eigenvalue weighted by molar-refractivity contribution is 0.213. The molecule has 1 rings (SSSR count). The molecule has 1 fully saturated rings. The molecule has 1 heterocycles. The summed E-state index contributed by atoms with van der Waals surface area (Å²) in [6, 6.07) is 0. The van der Waals surface area contributed by atoms with E-state index >= 15 is 0 Å². The van der Waals surface area contributed by atoms with Crippen molar-refractivity contribution in [3.8, 4) is 0 Å². The average molecular weight is 133 g/mol. The van der Waals surface area contributed by atoms with Crippen molar-refractivity contribution in [2.24, 2.45) is 5.73 Å². The molecule has 8 heavy (non-hydrogen) atoms. The lowest BCUT2D eigenvalue weighted by Gasteiger charge is -2.17. The highest BCUT2D eigenvalue weighted by Crippen LogP contribution is 2.24. The van der Waals surface area contributed by atoms with Crippen LogP contribution in [0.5, 0.6) is 0 Å². The molecule has 3 heteroatoms. The molecule has 0 aromatic rings. The monoisotopic (exact) mass is 133 g/mol. The minimum absolute atomic E-state index is 0.139. The molecule has 0 bridgehead atoms. The average Bonchev–Trinajstić information content (AvgIpc) is 2.17. The largest absolute Gasteiger partial charge is 0.394 e. The first kappa shape index (κ1) is 6.39. The summed E-state index contributed by atoms with van der Waals surface area (Å²) >= 11 is 1.82. The fourth-order valence-electron chi connectivity index (χ4n) is 0.748. The van der Waals surface area contributed by atoms with E-state index < -0.39 is 0 Å². The summed E-state index contributed by atoms with van der Waals surface area (Å²) in [4.78, 5) is 0. The van der Waals surface area contributed by atoms with Gasteiger partial charge in [0.2, 0.25) is 0 Å². The van der Waals surface area contributed by atoms with E-state index in [2.05, 4.69) is 0 Å². The Morgan fingerprint density at radius 1 is 1.75 bits per heavy atom. The first-order valence-corrected chi connectivity index (χ1v) is 3.90. The van der Waals surface area contributed by atoms with Gasteiger partial charge in [0, 0.05) is 11.3 Å². The second-order valence-electron chi connectivity index (χ2n) is 2.32. The lowest BCUT2D eigenvalue weighted by Crippen LogP contribution is -2.43. The van der Waals surface area contributed by atoms with E-state index in [9.17, 15) is 0 Å². The van der Waals surface area contributed by atoms with Crippen molar-refractivity contribution in [2.45, 2.75) is 12.0 Å². The summed E-state index contributed by atoms with van der Waals surface area (Å²) in [7, 11) is 0. The Bertz CT molecular complexity index is 80.5. The van der Waals surface area contributed by atoms with Crippen LogP contribution in [0.1, 0.15) is 6.42 Å². The van der Waals surface area contributed by atoms with Crippen molar-refractivity contribution in [3.63, 3.8) is 0 Å².